The van der Waals surface area contributed by atoms with Crippen LogP contribution in [0.2, 0.25) is 0 Å². The summed E-state index contributed by atoms with van der Waals surface area (Å²) in [4.78, 5) is 15.7. The number of alkyl halides is 1. The van der Waals surface area contributed by atoms with Gasteiger partial charge in [0.25, 0.3) is 6.01 Å². The third-order valence-electron chi connectivity index (χ3n) is 6.24. The van der Waals surface area contributed by atoms with E-state index in [-0.39, 0.29) is 71.6 Å². The van der Waals surface area contributed by atoms with Crippen molar-refractivity contribution in [3.05, 3.63) is 17.4 Å². The van der Waals surface area contributed by atoms with Crippen LogP contribution in [0.15, 0.2) is 6.07 Å². The minimum atomic E-state index is -0.537. The summed E-state index contributed by atoms with van der Waals surface area (Å²) in [6.45, 7) is 1.16. The van der Waals surface area contributed by atoms with Gasteiger partial charge in [-0.15, -0.1) is 0 Å². The molecule has 2 fully saturated rings. The van der Waals surface area contributed by atoms with Crippen molar-refractivity contribution in [1.82, 2.24) is 14.9 Å². The summed E-state index contributed by atoms with van der Waals surface area (Å²) >= 11 is 0. The predicted molar refractivity (Wildman–Crippen MR) is 120 cm³/mol. The van der Waals surface area contributed by atoms with Crippen LogP contribution in [0.1, 0.15) is 57.4 Å². The van der Waals surface area contributed by atoms with E-state index in [1.807, 2.05) is 0 Å². The van der Waals surface area contributed by atoms with Gasteiger partial charge in [0.1, 0.15) is 23.2 Å². The van der Waals surface area contributed by atoms with E-state index in [0.717, 1.165) is 25.7 Å². The number of hydrogen-bond acceptors (Lipinski definition) is 6. The van der Waals surface area contributed by atoms with E-state index in [4.69, 9.17) is 14.2 Å². The van der Waals surface area contributed by atoms with Gasteiger partial charge < -0.3 is 19.5 Å². The average Bonchev–Trinajstić information content (AvgIpc) is 3.57. The molecule has 2 aromatic rings. The van der Waals surface area contributed by atoms with Gasteiger partial charge in [-0.3, -0.25) is 13.8 Å². The Morgan fingerprint density at radius 3 is 2.50 bits per heavy atom. The number of amides is 1. The first-order chi connectivity index (χ1) is 16.4. The lowest BCUT2D eigenvalue weighted by atomic mass is 9.95. The molecule has 8 nitrogen and oxygen atoms in total. The van der Waals surface area contributed by atoms with Crippen LogP contribution in [0.3, 0.4) is 0 Å². The van der Waals surface area contributed by atoms with Crippen molar-refractivity contribution >= 4 is 16.9 Å². The molecule has 0 bridgehead atoms. The minimum Gasteiger partial charge on any atom is -0.487 e. The van der Waals surface area contributed by atoms with Crippen molar-refractivity contribution in [2.24, 2.45) is 7.05 Å². The first-order valence-electron chi connectivity index (χ1n) is 11.8. The molecule has 10 heteroatoms. The zero-order valence-electron chi connectivity index (χ0n) is 19.5. The third-order valence-corrected chi connectivity index (χ3v) is 6.24. The standard InChI is InChI=1S/C24H30F2N4O4/c1-14(31)28-16(9-10-25)13-32-17-3-5-19(6-4-17)34-24-29-22-15(12-27)11-20(33-18-7-8-18)21(26)23(22)30(24)2/h11,16-19H,3-10,13H2,1-2H3,(H,28,31)/t16-,17-,19-/m0/s1. The number of hydrogen-bond donors (Lipinski definition) is 1. The van der Waals surface area contributed by atoms with E-state index >= 15 is 4.39 Å². The van der Waals surface area contributed by atoms with Crippen molar-refractivity contribution in [2.45, 2.75) is 76.2 Å². The van der Waals surface area contributed by atoms with Crippen molar-refractivity contribution < 1.29 is 27.8 Å². The number of halogens is 2. The lowest BCUT2D eigenvalue weighted by Gasteiger charge is -2.29. The summed E-state index contributed by atoms with van der Waals surface area (Å²) in [7, 11) is 1.66. The van der Waals surface area contributed by atoms with Gasteiger partial charge in [0.05, 0.1) is 37.1 Å². The molecule has 1 amide bonds. The number of imidazole rings is 1. The van der Waals surface area contributed by atoms with E-state index < -0.39 is 12.5 Å². The zero-order chi connectivity index (χ0) is 24.2. The molecule has 1 aromatic heterocycles. The number of aromatic nitrogens is 2. The lowest BCUT2D eigenvalue weighted by molar-refractivity contribution is -0.120. The molecular formula is C24H30F2N4O4. The van der Waals surface area contributed by atoms with E-state index in [1.54, 1.807) is 7.05 Å². The van der Waals surface area contributed by atoms with Crippen molar-refractivity contribution in [3.63, 3.8) is 0 Å². The van der Waals surface area contributed by atoms with Crippen LogP contribution in [-0.4, -0.2) is 53.1 Å². The van der Waals surface area contributed by atoms with Crippen molar-refractivity contribution in [2.75, 3.05) is 13.3 Å². The van der Waals surface area contributed by atoms with Gasteiger partial charge in [-0.05, 0) is 44.9 Å². The Labute approximate surface area is 197 Å². The van der Waals surface area contributed by atoms with Gasteiger partial charge in [0.2, 0.25) is 5.91 Å². The molecule has 0 aliphatic heterocycles. The molecule has 4 rings (SSSR count). The fourth-order valence-electron chi connectivity index (χ4n) is 4.27. The van der Waals surface area contributed by atoms with Crippen LogP contribution in [0.5, 0.6) is 11.8 Å². The van der Waals surface area contributed by atoms with Crippen LogP contribution in [0.25, 0.3) is 11.0 Å². The van der Waals surface area contributed by atoms with Gasteiger partial charge in [0.15, 0.2) is 11.6 Å². The first-order valence-corrected chi connectivity index (χ1v) is 11.8. The molecule has 2 aliphatic carbocycles. The maximum atomic E-state index is 15.1. The molecule has 2 saturated carbocycles. The molecule has 184 valence electrons. The number of ether oxygens (including phenoxy) is 3. The Hall–Kier alpha value is -2.93. The van der Waals surface area contributed by atoms with Crippen LogP contribution in [0.4, 0.5) is 8.78 Å². The number of nitriles is 1. The smallest absolute Gasteiger partial charge is 0.297 e. The average molecular weight is 477 g/mol. The summed E-state index contributed by atoms with van der Waals surface area (Å²) < 4.78 is 47.0. The monoisotopic (exact) mass is 476 g/mol. The summed E-state index contributed by atoms with van der Waals surface area (Å²) in [6.07, 6.45) is 4.79. The third kappa shape index (κ3) is 5.58. The topological polar surface area (TPSA) is 98.4 Å². The second-order valence-corrected chi connectivity index (χ2v) is 9.04. The van der Waals surface area contributed by atoms with Gasteiger partial charge in [-0.25, -0.2) is 4.39 Å². The number of aryl methyl sites for hydroxylation is 1. The summed E-state index contributed by atoms with van der Waals surface area (Å²) in [5.74, 6) is -0.669. The Morgan fingerprint density at radius 1 is 1.24 bits per heavy atom. The van der Waals surface area contributed by atoms with Gasteiger partial charge in [0, 0.05) is 20.0 Å². The highest BCUT2D eigenvalue weighted by Crippen LogP contribution is 2.36. The summed E-state index contributed by atoms with van der Waals surface area (Å²) in [5.41, 5.74) is 0.699. The Morgan fingerprint density at radius 2 is 1.88 bits per heavy atom. The molecule has 0 saturated heterocycles. The Balaban J connectivity index is 1.38. The fraction of sp³-hybridized carbons (Fsp3) is 0.625. The van der Waals surface area contributed by atoms with Crippen LogP contribution in [-0.2, 0) is 16.6 Å². The second-order valence-electron chi connectivity index (χ2n) is 9.04. The van der Waals surface area contributed by atoms with E-state index in [0.29, 0.717) is 12.8 Å². The van der Waals surface area contributed by atoms with Crippen molar-refractivity contribution in [1.29, 1.82) is 5.26 Å². The summed E-state index contributed by atoms with van der Waals surface area (Å²) in [6, 6.07) is 3.41. The summed E-state index contributed by atoms with van der Waals surface area (Å²) in [5, 5.41) is 12.3. The van der Waals surface area contributed by atoms with Gasteiger partial charge in [-0.1, -0.05) is 0 Å². The molecular weight excluding hydrogens is 446 g/mol. The number of carbonyl (C=O) groups is 1. The number of fused-ring (bicyclic) bond motifs is 1. The highest BCUT2D eigenvalue weighted by atomic mass is 19.1. The lowest BCUT2D eigenvalue weighted by Crippen LogP contribution is -2.39. The highest BCUT2D eigenvalue weighted by molar-refractivity contribution is 5.85. The molecule has 0 spiro atoms. The van der Waals surface area contributed by atoms with E-state index in [2.05, 4.69) is 16.4 Å². The molecule has 1 aromatic carbocycles. The van der Waals surface area contributed by atoms with Crippen LogP contribution >= 0.6 is 0 Å². The first kappa shape index (κ1) is 24.2. The predicted octanol–water partition coefficient (Wildman–Crippen LogP) is 3.70. The number of carbonyl (C=O) groups excluding carboxylic acids is 1. The quantitative estimate of drug-likeness (QED) is 0.562. The largest absolute Gasteiger partial charge is 0.487 e. The van der Waals surface area contributed by atoms with Crippen molar-refractivity contribution in [3.8, 4) is 17.8 Å². The normalized spacial score (nSPS) is 21.1. The molecule has 34 heavy (non-hydrogen) atoms. The van der Waals surface area contributed by atoms with E-state index in [9.17, 15) is 14.4 Å². The SMILES string of the molecule is CC(=O)N[C@@H](CCF)CO[C@H]1CC[C@H](Oc2nc3c(C#N)cc(OC4CC4)c(F)c3n2C)CC1. The van der Waals surface area contributed by atoms with Crippen LogP contribution < -0.4 is 14.8 Å². The second kappa shape index (κ2) is 10.6. The van der Waals surface area contributed by atoms with E-state index in [1.165, 1.54) is 17.6 Å². The van der Waals surface area contributed by atoms with Gasteiger partial charge >= 0.3 is 0 Å². The maximum Gasteiger partial charge on any atom is 0.297 e. The molecule has 0 unspecified atom stereocenters. The number of nitrogens with one attached hydrogen (secondary N) is 1. The highest BCUT2D eigenvalue weighted by Gasteiger charge is 2.29. The Kier molecular flexibility index (Phi) is 7.51. The number of nitrogens with zero attached hydrogens (tertiary/aromatic N) is 3. The zero-order valence-corrected chi connectivity index (χ0v) is 19.5. The number of benzene rings is 1. The molecule has 1 heterocycles. The van der Waals surface area contributed by atoms with Gasteiger partial charge in [-0.2, -0.15) is 10.2 Å². The molecule has 0 radical (unpaired) electrons. The van der Waals surface area contributed by atoms with Crippen LogP contribution in [0, 0.1) is 17.1 Å². The fourth-order valence-corrected chi connectivity index (χ4v) is 4.27. The molecule has 1 atom stereocenters. The minimum absolute atomic E-state index is 0.000861. The Bertz CT molecular complexity index is 1070. The molecule has 2 aliphatic rings. The maximum absolute atomic E-state index is 15.1. The molecule has 1 N–H and O–H groups in total. The number of rotatable bonds is 10.